The maximum atomic E-state index is 11.8. The zero-order valence-electron chi connectivity index (χ0n) is 11.8. The van der Waals surface area contributed by atoms with Crippen molar-refractivity contribution in [1.82, 2.24) is 10.3 Å². The van der Waals surface area contributed by atoms with Gasteiger partial charge in [0.1, 0.15) is 5.75 Å². The van der Waals surface area contributed by atoms with Crippen LogP contribution in [0, 0.1) is 0 Å². The number of hydrogen-bond donors (Lipinski definition) is 3. The van der Waals surface area contributed by atoms with E-state index in [9.17, 15) is 4.79 Å². The molecule has 0 aliphatic carbocycles. The lowest BCUT2D eigenvalue weighted by Gasteiger charge is -2.11. The van der Waals surface area contributed by atoms with Gasteiger partial charge in [-0.25, -0.2) is 4.79 Å². The molecule has 0 unspecified atom stereocenters. The van der Waals surface area contributed by atoms with E-state index in [2.05, 4.69) is 20.9 Å². The van der Waals surface area contributed by atoms with Gasteiger partial charge in [-0.3, -0.25) is 4.98 Å². The quantitative estimate of drug-likeness (QED) is 0.712. The number of carbonyl (C=O) groups is 1. The molecule has 2 amide bonds. The molecule has 0 radical (unpaired) electrons. The molecule has 3 N–H and O–H groups in total. The summed E-state index contributed by atoms with van der Waals surface area (Å²) in [5, 5.41) is 8.70. The molecule has 0 aliphatic heterocycles. The first-order valence-corrected chi connectivity index (χ1v) is 6.61. The third kappa shape index (κ3) is 4.68. The summed E-state index contributed by atoms with van der Waals surface area (Å²) in [5.74, 6) is 0.627. The number of anilines is 2. The maximum absolute atomic E-state index is 11.8. The molecule has 110 valence electrons. The van der Waals surface area contributed by atoms with Gasteiger partial charge < -0.3 is 20.7 Å². The fraction of sp³-hybridized carbons (Fsp3) is 0.200. The van der Waals surface area contributed by atoms with Gasteiger partial charge >= 0.3 is 6.03 Å². The van der Waals surface area contributed by atoms with Crippen molar-refractivity contribution < 1.29 is 9.53 Å². The molecule has 0 fully saturated rings. The standard InChI is InChI=1S/C15H18N4O2/c1-21-14-5-3-2-4-13(14)19-15(20)18-11-10-17-12-6-8-16-9-7-12/h2-9H,10-11H2,1H3,(H,16,17)(H2,18,19,20). The molecule has 1 aromatic heterocycles. The monoisotopic (exact) mass is 286 g/mol. The summed E-state index contributed by atoms with van der Waals surface area (Å²) in [6.07, 6.45) is 3.42. The Kier molecular flexibility index (Phi) is 5.40. The van der Waals surface area contributed by atoms with Crippen LogP contribution in [0.15, 0.2) is 48.8 Å². The van der Waals surface area contributed by atoms with E-state index in [-0.39, 0.29) is 6.03 Å². The molecule has 0 spiro atoms. The summed E-state index contributed by atoms with van der Waals surface area (Å²) >= 11 is 0. The highest BCUT2D eigenvalue weighted by Gasteiger charge is 2.05. The second-order valence-electron chi connectivity index (χ2n) is 4.24. The number of amides is 2. The van der Waals surface area contributed by atoms with Crippen molar-refractivity contribution in [2.45, 2.75) is 0 Å². The van der Waals surface area contributed by atoms with Crippen molar-refractivity contribution in [3.05, 3.63) is 48.8 Å². The van der Waals surface area contributed by atoms with Crippen LogP contribution in [0.4, 0.5) is 16.2 Å². The number of nitrogens with one attached hydrogen (secondary N) is 3. The van der Waals surface area contributed by atoms with E-state index < -0.39 is 0 Å². The average Bonchev–Trinajstić information content (AvgIpc) is 2.53. The molecular formula is C15H18N4O2. The third-order valence-electron chi connectivity index (χ3n) is 2.78. The van der Waals surface area contributed by atoms with Crippen molar-refractivity contribution >= 4 is 17.4 Å². The highest BCUT2D eigenvalue weighted by atomic mass is 16.5. The second kappa shape index (κ2) is 7.74. The number of ether oxygens (including phenoxy) is 1. The minimum atomic E-state index is -0.268. The molecule has 2 rings (SSSR count). The number of carbonyl (C=O) groups excluding carboxylic acids is 1. The Hall–Kier alpha value is -2.76. The number of nitrogens with zero attached hydrogens (tertiary/aromatic N) is 1. The van der Waals surface area contributed by atoms with Gasteiger partial charge in [0.15, 0.2) is 0 Å². The van der Waals surface area contributed by atoms with E-state index in [0.29, 0.717) is 24.5 Å². The maximum Gasteiger partial charge on any atom is 0.319 e. The molecule has 0 atom stereocenters. The summed E-state index contributed by atoms with van der Waals surface area (Å²) in [4.78, 5) is 15.7. The molecule has 0 aliphatic rings. The van der Waals surface area contributed by atoms with Crippen LogP contribution in [0.1, 0.15) is 0 Å². The van der Waals surface area contributed by atoms with Crippen molar-refractivity contribution in [2.75, 3.05) is 30.8 Å². The SMILES string of the molecule is COc1ccccc1NC(=O)NCCNc1ccncc1. The van der Waals surface area contributed by atoms with Gasteiger partial charge in [0, 0.05) is 31.2 Å². The zero-order valence-corrected chi connectivity index (χ0v) is 11.8. The summed E-state index contributed by atoms with van der Waals surface area (Å²) < 4.78 is 5.17. The minimum Gasteiger partial charge on any atom is -0.495 e. The normalized spacial score (nSPS) is 9.76. The van der Waals surface area contributed by atoms with Crippen LogP contribution >= 0.6 is 0 Å². The Balaban J connectivity index is 1.72. The number of para-hydroxylation sites is 2. The molecule has 6 heteroatoms. The molecule has 0 saturated carbocycles. The first-order valence-electron chi connectivity index (χ1n) is 6.61. The van der Waals surface area contributed by atoms with Crippen LogP contribution in [-0.4, -0.2) is 31.2 Å². The van der Waals surface area contributed by atoms with Gasteiger partial charge in [-0.05, 0) is 24.3 Å². The topological polar surface area (TPSA) is 75.3 Å². The van der Waals surface area contributed by atoms with E-state index >= 15 is 0 Å². The van der Waals surface area contributed by atoms with Crippen molar-refractivity contribution in [2.24, 2.45) is 0 Å². The fourth-order valence-corrected chi connectivity index (χ4v) is 1.77. The second-order valence-corrected chi connectivity index (χ2v) is 4.24. The van der Waals surface area contributed by atoms with Crippen LogP contribution in [0.2, 0.25) is 0 Å². The van der Waals surface area contributed by atoms with Crippen molar-refractivity contribution in [3.63, 3.8) is 0 Å². The van der Waals surface area contributed by atoms with Crippen LogP contribution < -0.4 is 20.7 Å². The predicted molar refractivity (Wildman–Crippen MR) is 82.7 cm³/mol. The molecule has 2 aromatic rings. The lowest BCUT2D eigenvalue weighted by molar-refractivity contribution is 0.252. The van der Waals surface area contributed by atoms with Gasteiger partial charge in [0.25, 0.3) is 0 Å². The summed E-state index contributed by atoms with van der Waals surface area (Å²) in [5.41, 5.74) is 1.61. The van der Waals surface area contributed by atoms with Crippen molar-refractivity contribution in [3.8, 4) is 5.75 Å². The predicted octanol–water partition coefficient (Wildman–Crippen LogP) is 2.32. The molecule has 6 nitrogen and oxygen atoms in total. The molecule has 1 aromatic carbocycles. The Bertz CT molecular complexity index is 575. The Morgan fingerprint density at radius 2 is 1.90 bits per heavy atom. The average molecular weight is 286 g/mol. The minimum absolute atomic E-state index is 0.268. The third-order valence-corrected chi connectivity index (χ3v) is 2.78. The molecule has 0 saturated heterocycles. The van der Waals surface area contributed by atoms with Gasteiger partial charge in [0.05, 0.1) is 12.8 Å². The smallest absolute Gasteiger partial charge is 0.319 e. The Morgan fingerprint density at radius 3 is 2.67 bits per heavy atom. The largest absolute Gasteiger partial charge is 0.495 e. The first-order chi connectivity index (χ1) is 10.3. The number of methoxy groups -OCH3 is 1. The van der Waals surface area contributed by atoms with Crippen molar-refractivity contribution in [1.29, 1.82) is 0 Å². The number of rotatable bonds is 6. The number of hydrogen-bond acceptors (Lipinski definition) is 4. The zero-order chi connectivity index (χ0) is 14.9. The van der Waals surface area contributed by atoms with E-state index in [1.807, 2.05) is 24.3 Å². The molecule has 1 heterocycles. The first kappa shape index (κ1) is 14.6. The summed E-state index contributed by atoms with van der Waals surface area (Å²) in [7, 11) is 1.57. The van der Waals surface area contributed by atoms with E-state index in [4.69, 9.17) is 4.74 Å². The van der Waals surface area contributed by atoms with Gasteiger partial charge in [0.2, 0.25) is 0 Å². The van der Waals surface area contributed by atoms with Crippen LogP contribution in [0.3, 0.4) is 0 Å². The Labute approximate surface area is 123 Å². The van der Waals surface area contributed by atoms with Crippen LogP contribution in [0.25, 0.3) is 0 Å². The highest BCUT2D eigenvalue weighted by molar-refractivity contribution is 5.90. The molecule has 21 heavy (non-hydrogen) atoms. The fourth-order valence-electron chi connectivity index (χ4n) is 1.77. The number of benzene rings is 1. The molecular weight excluding hydrogens is 268 g/mol. The highest BCUT2D eigenvalue weighted by Crippen LogP contribution is 2.22. The van der Waals surface area contributed by atoms with Gasteiger partial charge in [-0.1, -0.05) is 12.1 Å². The van der Waals surface area contributed by atoms with Gasteiger partial charge in [-0.2, -0.15) is 0 Å². The number of urea groups is 1. The number of aromatic nitrogens is 1. The van der Waals surface area contributed by atoms with Gasteiger partial charge in [-0.15, -0.1) is 0 Å². The van der Waals surface area contributed by atoms with E-state index in [1.54, 1.807) is 31.6 Å². The van der Waals surface area contributed by atoms with E-state index in [0.717, 1.165) is 5.69 Å². The summed E-state index contributed by atoms with van der Waals surface area (Å²) in [6.45, 7) is 1.13. The van der Waals surface area contributed by atoms with Crippen LogP contribution in [-0.2, 0) is 0 Å². The lowest BCUT2D eigenvalue weighted by Crippen LogP contribution is -2.32. The Morgan fingerprint density at radius 1 is 1.14 bits per heavy atom. The van der Waals surface area contributed by atoms with E-state index in [1.165, 1.54) is 0 Å². The lowest BCUT2D eigenvalue weighted by atomic mass is 10.3. The summed E-state index contributed by atoms with van der Waals surface area (Å²) in [6, 6.07) is 10.7. The number of pyridine rings is 1. The van der Waals surface area contributed by atoms with Crippen LogP contribution in [0.5, 0.6) is 5.75 Å². The molecule has 0 bridgehead atoms.